The van der Waals surface area contributed by atoms with E-state index in [1.807, 2.05) is 24.3 Å². The first-order valence-electron chi connectivity index (χ1n) is 21.4. The summed E-state index contributed by atoms with van der Waals surface area (Å²) >= 11 is 0. The van der Waals surface area contributed by atoms with Crippen LogP contribution < -0.4 is 9.47 Å². The number of benzene rings is 2. The third-order valence-electron chi connectivity index (χ3n) is 10.2. The van der Waals surface area contributed by atoms with E-state index in [0.29, 0.717) is 62.8 Å². The molecular formula is C48H60N4O8. The first-order chi connectivity index (χ1) is 29.5. The van der Waals surface area contributed by atoms with E-state index in [0.717, 1.165) is 112 Å². The summed E-state index contributed by atoms with van der Waals surface area (Å²) < 4.78 is 34.5. The number of nitrogens with zero attached hydrogens (tertiary/aromatic N) is 4. The molecule has 1 saturated carbocycles. The van der Waals surface area contributed by atoms with Crippen molar-refractivity contribution in [2.45, 2.75) is 115 Å². The molecule has 0 amide bonds. The molecule has 4 aromatic rings. The minimum atomic E-state index is -0.368. The topological polar surface area (TPSA) is 141 Å². The molecule has 2 aromatic carbocycles. The van der Waals surface area contributed by atoms with Gasteiger partial charge in [0.1, 0.15) is 0 Å². The summed E-state index contributed by atoms with van der Waals surface area (Å²) in [6.45, 7) is 9.91. The lowest BCUT2D eigenvalue weighted by Crippen LogP contribution is -2.34. The molecule has 0 bridgehead atoms. The van der Waals surface area contributed by atoms with Gasteiger partial charge >= 0.3 is 11.9 Å². The second kappa shape index (κ2) is 26.6. The molecule has 2 aromatic heterocycles. The molecule has 1 fully saturated rings. The van der Waals surface area contributed by atoms with E-state index in [9.17, 15) is 9.59 Å². The average molecular weight is 821 g/mol. The fraction of sp³-hybridized carbons (Fsp3) is 0.458. The predicted octanol–water partition coefficient (Wildman–Crippen LogP) is 9.76. The predicted molar refractivity (Wildman–Crippen MR) is 230 cm³/mol. The van der Waals surface area contributed by atoms with Crippen molar-refractivity contribution < 1.29 is 38.0 Å². The summed E-state index contributed by atoms with van der Waals surface area (Å²) in [4.78, 5) is 40.2. The van der Waals surface area contributed by atoms with Crippen LogP contribution >= 0.6 is 0 Å². The van der Waals surface area contributed by atoms with Crippen molar-refractivity contribution in [2.24, 2.45) is 0 Å². The van der Waals surface area contributed by atoms with Crippen LogP contribution in [0.2, 0.25) is 0 Å². The smallest absolute Gasteiger partial charge is 0.330 e. The molecule has 1 aliphatic rings. The molecule has 1 aliphatic carbocycles. The minimum absolute atomic E-state index is 0.0391. The maximum Gasteiger partial charge on any atom is 0.330 e. The van der Waals surface area contributed by atoms with Crippen LogP contribution in [0.4, 0.5) is 0 Å². The van der Waals surface area contributed by atoms with E-state index >= 15 is 0 Å². The second-order valence-corrected chi connectivity index (χ2v) is 14.8. The van der Waals surface area contributed by atoms with Gasteiger partial charge in [0.25, 0.3) is 0 Å². The van der Waals surface area contributed by atoms with Crippen LogP contribution in [0.5, 0.6) is 11.5 Å². The summed E-state index contributed by atoms with van der Waals surface area (Å²) in [7, 11) is 0. The van der Waals surface area contributed by atoms with E-state index < -0.39 is 0 Å². The van der Waals surface area contributed by atoms with Crippen LogP contribution in [-0.2, 0) is 41.8 Å². The lowest BCUT2D eigenvalue weighted by Gasteiger charge is -2.31. The number of unbranched alkanes of at least 4 members (excludes halogenated alkanes) is 8. The van der Waals surface area contributed by atoms with Crippen LogP contribution in [-0.4, -0.2) is 70.5 Å². The Hall–Kier alpha value is -5.46. The molecule has 0 aliphatic heterocycles. The Balaban J connectivity index is 0.958. The number of hydrogen-bond acceptors (Lipinski definition) is 12. The van der Waals surface area contributed by atoms with Crippen molar-refractivity contribution in [1.29, 1.82) is 0 Å². The van der Waals surface area contributed by atoms with Gasteiger partial charge in [-0.3, -0.25) is 0 Å². The van der Waals surface area contributed by atoms with Gasteiger partial charge in [-0.2, -0.15) is 0 Å². The zero-order chi connectivity index (χ0) is 42.0. The molecule has 0 radical (unpaired) electrons. The quantitative estimate of drug-likeness (QED) is 0.0306. The van der Waals surface area contributed by atoms with Crippen LogP contribution in [0.25, 0.3) is 22.8 Å². The van der Waals surface area contributed by atoms with Gasteiger partial charge < -0.3 is 28.4 Å². The number of esters is 2. The van der Waals surface area contributed by atoms with E-state index in [1.165, 1.54) is 12.2 Å². The van der Waals surface area contributed by atoms with Gasteiger partial charge in [-0.25, -0.2) is 29.5 Å². The summed E-state index contributed by atoms with van der Waals surface area (Å²) in [5, 5.41) is 0. The fourth-order valence-corrected chi connectivity index (χ4v) is 6.74. The SMILES string of the molecule is C=CC(=O)OCCCCCCCOc1cnc(-c2ccc(CO[C@@H]3CCCC[C@H]3OCc3ccc(-c4ncc(OCCCCCCCOC(=O)C=C)cn4)cc3)cc2)nc1. The first-order valence-corrected chi connectivity index (χ1v) is 21.4. The maximum atomic E-state index is 11.1. The first kappa shape index (κ1) is 45.6. The van der Waals surface area contributed by atoms with Crippen LogP contribution in [0.1, 0.15) is 101 Å². The molecule has 2 heterocycles. The van der Waals surface area contributed by atoms with Crippen molar-refractivity contribution in [3.05, 3.63) is 110 Å². The van der Waals surface area contributed by atoms with Crippen LogP contribution in [0, 0.1) is 0 Å². The highest BCUT2D eigenvalue weighted by Crippen LogP contribution is 2.27. The fourth-order valence-electron chi connectivity index (χ4n) is 6.74. The normalized spacial score (nSPS) is 14.9. The van der Waals surface area contributed by atoms with E-state index in [4.69, 9.17) is 28.4 Å². The van der Waals surface area contributed by atoms with Gasteiger partial charge in [0.05, 0.1) is 76.6 Å². The minimum Gasteiger partial charge on any atom is -0.490 e. The largest absolute Gasteiger partial charge is 0.490 e. The average Bonchev–Trinajstić information content (AvgIpc) is 3.30. The van der Waals surface area contributed by atoms with Crippen molar-refractivity contribution in [3.8, 4) is 34.3 Å². The monoisotopic (exact) mass is 820 g/mol. The molecule has 0 spiro atoms. The Bertz CT molecular complexity index is 1720. The number of carbonyl (C=O) groups is 2. The summed E-state index contributed by atoms with van der Waals surface area (Å²) in [6, 6.07) is 16.4. The number of aromatic nitrogens is 4. The van der Waals surface area contributed by atoms with Gasteiger partial charge in [0, 0.05) is 23.3 Å². The highest BCUT2D eigenvalue weighted by molar-refractivity contribution is 5.81. The molecular weight excluding hydrogens is 761 g/mol. The Morgan fingerprint density at radius 3 is 1.23 bits per heavy atom. The van der Waals surface area contributed by atoms with Crippen molar-refractivity contribution in [1.82, 2.24) is 19.9 Å². The lowest BCUT2D eigenvalue weighted by atomic mass is 9.94. The molecule has 5 rings (SSSR count). The van der Waals surface area contributed by atoms with Gasteiger partial charge in [-0.1, -0.05) is 113 Å². The zero-order valence-corrected chi connectivity index (χ0v) is 34.8. The summed E-state index contributed by atoms with van der Waals surface area (Å²) in [5.74, 6) is 1.87. The number of rotatable bonds is 28. The van der Waals surface area contributed by atoms with Gasteiger partial charge in [-0.15, -0.1) is 0 Å². The number of carbonyl (C=O) groups excluding carboxylic acids is 2. The van der Waals surface area contributed by atoms with Crippen molar-refractivity contribution in [2.75, 3.05) is 26.4 Å². The maximum absolute atomic E-state index is 11.1. The van der Waals surface area contributed by atoms with Gasteiger partial charge in [-0.05, 0) is 49.7 Å². The van der Waals surface area contributed by atoms with E-state index in [-0.39, 0.29) is 24.1 Å². The Kier molecular flexibility index (Phi) is 20.2. The molecule has 12 heteroatoms. The van der Waals surface area contributed by atoms with E-state index in [1.54, 1.807) is 24.8 Å². The molecule has 60 heavy (non-hydrogen) atoms. The summed E-state index contributed by atoms with van der Waals surface area (Å²) in [5.41, 5.74) is 4.05. The third-order valence-corrected chi connectivity index (χ3v) is 10.2. The van der Waals surface area contributed by atoms with Crippen molar-refractivity contribution >= 4 is 11.9 Å². The Morgan fingerprint density at radius 1 is 0.517 bits per heavy atom. The van der Waals surface area contributed by atoms with Crippen molar-refractivity contribution in [3.63, 3.8) is 0 Å². The third kappa shape index (κ3) is 16.7. The zero-order valence-electron chi connectivity index (χ0n) is 34.8. The molecule has 320 valence electrons. The molecule has 0 unspecified atom stereocenters. The number of ether oxygens (including phenoxy) is 6. The van der Waals surface area contributed by atoms with Crippen LogP contribution in [0.3, 0.4) is 0 Å². The lowest BCUT2D eigenvalue weighted by molar-refractivity contribution is -0.138. The summed E-state index contributed by atoms with van der Waals surface area (Å²) in [6.07, 6.45) is 23.4. The van der Waals surface area contributed by atoms with E-state index in [2.05, 4.69) is 57.4 Å². The standard InChI is InChI=1S/C48H60N4O8/c1-3-45(53)57-29-15-9-5-7-13-27-55-41-31-49-47(50-32-41)39-23-19-37(20-24-39)35-59-43-17-11-12-18-44(43)60-36-38-21-25-40(26-22-38)48-51-33-42(34-52-48)56-28-14-8-6-10-16-30-58-46(54)4-2/h3-4,19-26,31-34,43-44H,1-2,5-18,27-30,35-36H2/t43-,44-/m1/s1. The molecule has 0 saturated heterocycles. The van der Waals surface area contributed by atoms with Gasteiger partial charge in [0.2, 0.25) is 0 Å². The highest BCUT2D eigenvalue weighted by atomic mass is 16.5. The Labute approximate surface area is 354 Å². The molecule has 2 atom stereocenters. The molecule has 12 nitrogen and oxygen atoms in total. The number of hydrogen-bond donors (Lipinski definition) is 0. The Morgan fingerprint density at radius 2 is 0.867 bits per heavy atom. The van der Waals surface area contributed by atoms with Gasteiger partial charge in [0.15, 0.2) is 23.1 Å². The highest BCUT2D eigenvalue weighted by Gasteiger charge is 2.26. The van der Waals surface area contributed by atoms with Crippen LogP contribution in [0.15, 0.2) is 98.6 Å². The second-order valence-electron chi connectivity index (χ2n) is 14.8. The molecule has 0 N–H and O–H groups in total.